The summed E-state index contributed by atoms with van der Waals surface area (Å²) in [5, 5.41) is 0.920. The fourth-order valence-electron chi connectivity index (χ4n) is 3.13. The number of benzene rings is 2. The molecule has 1 aliphatic heterocycles. The van der Waals surface area contributed by atoms with Gasteiger partial charge in [0.1, 0.15) is 5.75 Å². The van der Waals surface area contributed by atoms with E-state index in [1.54, 1.807) is 11.8 Å². The smallest absolute Gasteiger partial charge is 0.182 e. The van der Waals surface area contributed by atoms with Gasteiger partial charge in [-0.3, -0.25) is 9.79 Å². The second kappa shape index (κ2) is 10.7. The highest BCUT2D eigenvalue weighted by Crippen LogP contribution is 2.26. The van der Waals surface area contributed by atoms with E-state index >= 15 is 0 Å². The Labute approximate surface area is 182 Å². The quantitative estimate of drug-likeness (QED) is 0.534. The molecule has 0 atom stereocenters. The van der Waals surface area contributed by atoms with Gasteiger partial charge in [0.25, 0.3) is 0 Å². The summed E-state index contributed by atoms with van der Waals surface area (Å²) in [4.78, 5) is 19.7. The number of carbonyl (C=O) groups is 1. The largest absolute Gasteiger partial charge is 0.494 e. The molecule has 1 aliphatic rings. The van der Waals surface area contributed by atoms with Gasteiger partial charge in [-0.05, 0) is 57.0 Å². The molecule has 0 aromatic heterocycles. The molecular formula is C22H27BrN2O2S. The molecule has 0 spiro atoms. The lowest BCUT2D eigenvalue weighted by molar-refractivity contribution is 0.100. The number of carbonyl (C=O) groups excluding carboxylic acids is 1. The Morgan fingerprint density at radius 2 is 1.93 bits per heavy atom. The van der Waals surface area contributed by atoms with Gasteiger partial charge >= 0.3 is 0 Å². The van der Waals surface area contributed by atoms with Crippen molar-refractivity contribution in [1.82, 2.24) is 0 Å². The molecule has 1 heterocycles. The van der Waals surface area contributed by atoms with E-state index in [4.69, 9.17) is 4.74 Å². The van der Waals surface area contributed by atoms with Crippen LogP contribution in [-0.2, 0) is 0 Å². The summed E-state index contributed by atoms with van der Waals surface area (Å²) in [6.07, 6.45) is 1.08. The number of ketones is 1. The van der Waals surface area contributed by atoms with E-state index in [1.807, 2.05) is 62.1 Å². The summed E-state index contributed by atoms with van der Waals surface area (Å²) in [6.45, 7) is 7.74. The molecule has 0 radical (unpaired) electrons. The topological polar surface area (TPSA) is 41.9 Å². The van der Waals surface area contributed by atoms with Crippen LogP contribution in [0.5, 0.6) is 5.75 Å². The van der Waals surface area contributed by atoms with Gasteiger partial charge in [0.2, 0.25) is 0 Å². The van der Waals surface area contributed by atoms with E-state index in [-0.39, 0.29) is 29.3 Å². The molecule has 2 aromatic rings. The lowest BCUT2D eigenvalue weighted by atomic mass is 10.0. The maximum atomic E-state index is 13.0. The first-order valence-electron chi connectivity index (χ1n) is 9.36. The fraction of sp³-hybridized carbons (Fsp3) is 0.364. The third-order valence-corrected chi connectivity index (χ3v) is 5.56. The molecule has 3 rings (SSSR count). The second-order valence-corrected chi connectivity index (χ2v) is 7.68. The molecule has 0 unspecified atom stereocenters. The zero-order chi connectivity index (χ0) is 19.2. The number of thioether (sulfide) groups is 1. The van der Waals surface area contributed by atoms with Crippen LogP contribution in [0.25, 0.3) is 0 Å². The van der Waals surface area contributed by atoms with Crippen molar-refractivity contribution in [3.8, 4) is 5.75 Å². The number of rotatable bonds is 6. The Bertz CT molecular complexity index is 837. The van der Waals surface area contributed by atoms with Crippen LogP contribution in [0.2, 0.25) is 0 Å². The molecule has 0 bridgehead atoms. The summed E-state index contributed by atoms with van der Waals surface area (Å²) in [5.41, 5.74) is 3.92. The number of amidine groups is 1. The maximum Gasteiger partial charge on any atom is 0.182 e. The minimum Gasteiger partial charge on any atom is -0.494 e. The predicted octanol–water partition coefficient (Wildman–Crippen LogP) is 5.46. The molecular weight excluding hydrogens is 436 g/mol. The van der Waals surface area contributed by atoms with Gasteiger partial charge in [0.05, 0.1) is 13.2 Å². The van der Waals surface area contributed by atoms with Crippen molar-refractivity contribution in [3.63, 3.8) is 0 Å². The molecule has 150 valence electrons. The van der Waals surface area contributed by atoms with Crippen LogP contribution in [0.4, 0.5) is 5.69 Å². The number of Topliss-reactive ketones (excluding diaryl/α,β-unsaturated/α-hetero) is 1. The Balaban J connectivity index is 0.00000280. The minimum absolute atomic E-state index is 0. The SMILES string of the molecule is Br.CCOc1ccc(N(CC(=O)c2ccc(C)cc2C)C2=NCCCS2)cc1. The highest BCUT2D eigenvalue weighted by atomic mass is 79.9. The fourth-order valence-corrected chi connectivity index (χ4v) is 4.09. The van der Waals surface area contributed by atoms with Gasteiger partial charge in [-0.15, -0.1) is 17.0 Å². The summed E-state index contributed by atoms with van der Waals surface area (Å²) < 4.78 is 5.54. The zero-order valence-corrected chi connectivity index (χ0v) is 19.1. The van der Waals surface area contributed by atoms with Gasteiger partial charge in [-0.2, -0.15) is 0 Å². The average molecular weight is 463 g/mol. The normalized spacial score (nSPS) is 13.3. The van der Waals surface area contributed by atoms with E-state index in [0.717, 1.165) is 46.4 Å². The first-order chi connectivity index (χ1) is 13.1. The van der Waals surface area contributed by atoms with Crippen LogP contribution in [-0.4, -0.2) is 36.4 Å². The monoisotopic (exact) mass is 462 g/mol. The summed E-state index contributed by atoms with van der Waals surface area (Å²) in [5.74, 6) is 1.97. The van der Waals surface area contributed by atoms with Crippen molar-refractivity contribution < 1.29 is 9.53 Å². The highest BCUT2D eigenvalue weighted by Gasteiger charge is 2.21. The minimum atomic E-state index is 0. The molecule has 0 amide bonds. The van der Waals surface area contributed by atoms with Crippen molar-refractivity contribution in [2.45, 2.75) is 27.2 Å². The van der Waals surface area contributed by atoms with Crippen molar-refractivity contribution in [1.29, 1.82) is 0 Å². The molecule has 4 nitrogen and oxygen atoms in total. The van der Waals surface area contributed by atoms with E-state index < -0.39 is 0 Å². The summed E-state index contributed by atoms with van der Waals surface area (Å²) >= 11 is 1.72. The number of ether oxygens (including phenoxy) is 1. The van der Waals surface area contributed by atoms with Crippen LogP contribution >= 0.6 is 28.7 Å². The number of nitrogens with zero attached hydrogens (tertiary/aromatic N) is 2. The maximum absolute atomic E-state index is 13.0. The van der Waals surface area contributed by atoms with Crippen molar-refractivity contribution in [3.05, 3.63) is 59.2 Å². The number of hydrogen-bond acceptors (Lipinski definition) is 5. The molecule has 0 N–H and O–H groups in total. The Morgan fingerprint density at radius 1 is 1.18 bits per heavy atom. The molecule has 0 saturated heterocycles. The predicted molar refractivity (Wildman–Crippen MR) is 125 cm³/mol. The van der Waals surface area contributed by atoms with Crippen molar-refractivity contribution >= 4 is 45.4 Å². The molecule has 0 fully saturated rings. The van der Waals surface area contributed by atoms with Crippen LogP contribution in [0, 0.1) is 13.8 Å². The second-order valence-electron chi connectivity index (χ2n) is 6.62. The van der Waals surface area contributed by atoms with E-state index in [2.05, 4.69) is 11.1 Å². The number of anilines is 1. The van der Waals surface area contributed by atoms with Crippen LogP contribution in [0.3, 0.4) is 0 Å². The number of hydrogen-bond donors (Lipinski definition) is 0. The standard InChI is InChI=1S/C22H26N2O2S.BrH/c1-4-26-19-9-7-18(8-10-19)24(22-23-12-5-13-27-22)15-21(25)20-11-6-16(2)14-17(20)3;/h6-11,14H,4-5,12-13,15H2,1-3H3;1H. The molecule has 0 saturated carbocycles. The first-order valence-corrected chi connectivity index (χ1v) is 10.3. The lowest BCUT2D eigenvalue weighted by Crippen LogP contribution is -2.35. The van der Waals surface area contributed by atoms with Crippen molar-refractivity contribution in [2.24, 2.45) is 4.99 Å². The number of aryl methyl sites for hydroxylation is 2. The van der Waals surface area contributed by atoms with Gasteiger partial charge in [0.15, 0.2) is 11.0 Å². The van der Waals surface area contributed by atoms with Crippen molar-refractivity contribution in [2.75, 3.05) is 30.3 Å². The van der Waals surface area contributed by atoms with E-state index in [9.17, 15) is 4.79 Å². The third-order valence-electron chi connectivity index (χ3n) is 4.46. The van der Waals surface area contributed by atoms with Gasteiger partial charge < -0.3 is 9.64 Å². The molecule has 6 heteroatoms. The summed E-state index contributed by atoms with van der Waals surface area (Å²) in [6, 6.07) is 13.9. The molecule has 28 heavy (non-hydrogen) atoms. The molecule has 0 aliphatic carbocycles. The first kappa shape index (κ1) is 22.5. The highest BCUT2D eigenvalue weighted by molar-refractivity contribution is 8.93. The lowest BCUT2D eigenvalue weighted by Gasteiger charge is -2.27. The van der Waals surface area contributed by atoms with Gasteiger partial charge in [-0.25, -0.2) is 0 Å². The van der Waals surface area contributed by atoms with Crippen LogP contribution in [0.15, 0.2) is 47.5 Å². The molecule has 2 aromatic carbocycles. The van der Waals surface area contributed by atoms with E-state index in [0.29, 0.717) is 6.61 Å². The Kier molecular flexibility index (Phi) is 8.58. The average Bonchev–Trinajstić information content (AvgIpc) is 2.67. The van der Waals surface area contributed by atoms with Crippen LogP contribution in [0.1, 0.15) is 34.8 Å². The van der Waals surface area contributed by atoms with E-state index in [1.165, 1.54) is 5.56 Å². The Hall–Kier alpha value is -1.79. The van der Waals surface area contributed by atoms with Gasteiger partial charge in [0, 0.05) is 23.5 Å². The number of aliphatic imine (C=N–C) groups is 1. The van der Waals surface area contributed by atoms with Gasteiger partial charge in [-0.1, -0.05) is 35.5 Å². The number of halogens is 1. The summed E-state index contributed by atoms with van der Waals surface area (Å²) in [7, 11) is 0. The Morgan fingerprint density at radius 3 is 2.54 bits per heavy atom. The third kappa shape index (κ3) is 5.61. The zero-order valence-electron chi connectivity index (χ0n) is 16.6. The van der Waals surface area contributed by atoms with Crippen LogP contribution < -0.4 is 9.64 Å².